The zero-order chi connectivity index (χ0) is 22.2. The van der Waals surface area contributed by atoms with E-state index in [4.69, 9.17) is 16.3 Å². The second-order valence-corrected chi connectivity index (χ2v) is 7.66. The maximum absolute atomic E-state index is 12.5. The Morgan fingerprint density at radius 2 is 1.93 bits per heavy atom. The summed E-state index contributed by atoms with van der Waals surface area (Å²) in [5.41, 5.74) is 3.20. The predicted octanol–water partition coefficient (Wildman–Crippen LogP) is 6.24. The molecule has 0 saturated heterocycles. The first-order chi connectivity index (χ1) is 14.0. The van der Waals surface area contributed by atoms with Crippen molar-refractivity contribution >= 4 is 22.6 Å². The first-order valence-electron chi connectivity index (χ1n) is 9.37. The maximum atomic E-state index is 12.5. The van der Waals surface area contributed by atoms with Crippen LogP contribution in [0.15, 0.2) is 30.3 Å². The molecule has 30 heavy (non-hydrogen) atoms. The third-order valence-electron chi connectivity index (χ3n) is 4.88. The Morgan fingerprint density at radius 3 is 2.50 bits per heavy atom. The van der Waals surface area contributed by atoms with Crippen molar-refractivity contribution in [2.24, 2.45) is 7.05 Å². The number of imidazole rings is 1. The standard InChI is InChI=1S/C21H23ClF3N3O2/c1-6-17(27(3)4)14-8-7-9-16-18(14)28(5)20(26-16)29-19-12(2)10-13(11-15(19)22)30-21(23,24)25/h7-11,17H,6H2,1-5H3. The number of alkyl halides is 3. The van der Waals surface area contributed by atoms with Crippen LogP contribution in [0, 0.1) is 6.92 Å². The number of halogens is 4. The SMILES string of the molecule is CCC(c1cccc2nc(Oc3c(C)cc(OC(F)(F)F)cc3Cl)n(C)c12)N(C)C. The highest BCUT2D eigenvalue weighted by Crippen LogP contribution is 2.39. The second kappa shape index (κ2) is 8.35. The zero-order valence-electron chi connectivity index (χ0n) is 17.3. The van der Waals surface area contributed by atoms with E-state index in [1.807, 2.05) is 37.8 Å². The molecule has 1 unspecified atom stereocenters. The summed E-state index contributed by atoms with van der Waals surface area (Å²) in [5.74, 6) is -0.174. The number of aromatic nitrogens is 2. The lowest BCUT2D eigenvalue weighted by Crippen LogP contribution is -2.19. The molecule has 0 N–H and O–H groups in total. The van der Waals surface area contributed by atoms with Crippen LogP contribution in [0.1, 0.15) is 30.5 Å². The monoisotopic (exact) mass is 441 g/mol. The molecule has 1 heterocycles. The fourth-order valence-electron chi connectivity index (χ4n) is 3.61. The van der Waals surface area contributed by atoms with Gasteiger partial charge in [-0.3, -0.25) is 4.57 Å². The molecular formula is C21H23ClF3N3O2. The molecule has 0 aliphatic rings. The van der Waals surface area contributed by atoms with Gasteiger partial charge in [-0.25, -0.2) is 0 Å². The van der Waals surface area contributed by atoms with E-state index in [1.54, 1.807) is 6.92 Å². The molecule has 1 aromatic heterocycles. The fraction of sp³-hybridized carbons (Fsp3) is 0.381. The smallest absolute Gasteiger partial charge is 0.424 e. The lowest BCUT2D eigenvalue weighted by molar-refractivity contribution is -0.274. The van der Waals surface area contributed by atoms with Crippen LogP contribution in [0.5, 0.6) is 17.5 Å². The van der Waals surface area contributed by atoms with Crippen LogP contribution in [0.4, 0.5) is 13.2 Å². The molecule has 3 rings (SSSR count). The van der Waals surface area contributed by atoms with E-state index in [0.717, 1.165) is 29.1 Å². The van der Waals surface area contributed by atoms with Gasteiger partial charge >= 0.3 is 12.4 Å². The summed E-state index contributed by atoms with van der Waals surface area (Å²) < 4.78 is 49.2. The molecule has 0 radical (unpaired) electrons. The van der Waals surface area contributed by atoms with Crippen molar-refractivity contribution < 1.29 is 22.6 Å². The molecule has 0 amide bonds. The summed E-state index contributed by atoms with van der Waals surface area (Å²) in [6, 6.07) is 8.68. The van der Waals surface area contributed by atoms with E-state index in [9.17, 15) is 13.2 Å². The van der Waals surface area contributed by atoms with Crippen LogP contribution in [-0.2, 0) is 7.05 Å². The molecule has 0 saturated carbocycles. The van der Waals surface area contributed by atoms with Gasteiger partial charge in [-0.05, 0) is 50.7 Å². The molecule has 0 aliphatic heterocycles. The van der Waals surface area contributed by atoms with Gasteiger partial charge in [0.05, 0.1) is 16.1 Å². The fourth-order valence-corrected chi connectivity index (χ4v) is 3.91. The largest absolute Gasteiger partial charge is 0.573 e. The number of nitrogens with zero attached hydrogens (tertiary/aromatic N) is 3. The van der Waals surface area contributed by atoms with E-state index in [2.05, 4.69) is 27.6 Å². The normalized spacial score (nSPS) is 13.1. The Labute approximate surface area is 178 Å². The summed E-state index contributed by atoms with van der Waals surface area (Å²) in [6.07, 6.45) is -3.88. The second-order valence-electron chi connectivity index (χ2n) is 7.26. The summed E-state index contributed by atoms with van der Waals surface area (Å²) in [4.78, 5) is 6.70. The van der Waals surface area contributed by atoms with Crippen molar-refractivity contribution in [2.45, 2.75) is 32.7 Å². The van der Waals surface area contributed by atoms with Crippen molar-refractivity contribution in [1.82, 2.24) is 14.5 Å². The zero-order valence-corrected chi connectivity index (χ0v) is 18.1. The molecule has 0 bridgehead atoms. The van der Waals surface area contributed by atoms with E-state index in [-0.39, 0.29) is 16.8 Å². The van der Waals surface area contributed by atoms with E-state index >= 15 is 0 Å². The predicted molar refractivity (Wildman–Crippen MR) is 110 cm³/mol. The van der Waals surface area contributed by atoms with Gasteiger partial charge in [-0.15, -0.1) is 13.2 Å². The van der Waals surface area contributed by atoms with Crippen LogP contribution in [-0.4, -0.2) is 34.9 Å². The number of rotatable bonds is 6. The van der Waals surface area contributed by atoms with Crippen molar-refractivity contribution in [3.05, 3.63) is 46.5 Å². The highest BCUT2D eigenvalue weighted by molar-refractivity contribution is 6.32. The summed E-state index contributed by atoms with van der Waals surface area (Å²) in [5, 5.41) is 0.00116. The van der Waals surface area contributed by atoms with Gasteiger partial charge in [0.15, 0.2) is 5.75 Å². The van der Waals surface area contributed by atoms with Crippen LogP contribution in [0.3, 0.4) is 0 Å². The number of hydrogen-bond donors (Lipinski definition) is 0. The van der Waals surface area contributed by atoms with Gasteiger partial charge < -0.3 is 14.4 Å². The Bertz CT molecular complexity index is 1040. The van der Waals surface area contributed by atoms with Gasteiger partial charge in [0.2, 0.25) is 0 Å². The quantitative estimate of drug-likeness (QED) is 0.454. The number of aryl methyl sites for hydroxylation is 2. The summed E-state index contributed by atoms with van der Waals surface area (Å²) in [7, 11) is 5.88. The van der Waals surface area contributed by atoms with Crippen molar-refractivity contribution in [3.63, 3.8) is 0 Å². The third kappa shape index (κ3) is 4.49. The summed E-state index contributed by atoms with van der Waals surface area (Å²) in [6.45, 7) is 3.71. The lowest BCUT2D eigenvalue weighted by Gasteiger charge is -2.24. The van der Waals surface area contributed by atoms with Crippen LogP contribution in [0.25, 0.3) is 11.0 Å². The molecule has 0 aliphatic carbocycles. The van der Waals surface area contributed by atoms with Crippen LogP contribution in [0.2, 0.25) is 5.02 Å². The minimum atomic E-state index is -4.80. The Morgan fingerprint density at radius 1 is 1.23 bits per heavy atom. The van der Waals surface area contributed by atoms with Gasteiger partial charge in [0.1, 0.15) is 5.75 Å². The maximum Gasteiger partial charge on any atom is 0.573 e. The van der Waals surface area contributed by atoms with Crippen molar-refractivity contribution in [1.29, 1.82) is 0 Å². The molecule has 3 aromatic rings. The first kappa shape index (κ1) is 22.2. The minimum absolute atomic E-state index is 0.00116. The molecular weight excluding hydrogens is 419 g/mol. The van der Waals surface area contributed by atoms with Gasteiger partial charge in [0.25, 0.3) is 0 Å². The van der Waals surface area contributed by atoms with Gasteiger partial charge in [-0.2, -0.15) is 4.98 Å². The number of benzene rings is 2. The number of hydrogen-bond acceptors (Lipinski definition) is 4. The van der Waals surface area contributed by atoms with Crippen LogP contribution < -0.4 is 9.47 Å². The molecule has 2 aromatic carbocycles. The topological polar surface area (TPSA) is 39.5 Å². The van der Waals surface area contributed by atoms with Crippen molar-refractivity contribution in [3.8, 4) is 17.5 Å². The molecule has 1 atom stereocenters. The molecule has 162 valence electrons. The van der Waals surface area contributed by atoms with E-state index in [0.29, 0.717) is 11.6 Å². The number of fused-ring (bicyclic) bond motifs is 1. The van der Waals surface area contributed by atoms with E-state index < -0.39 is 12.1 Å². The van der Waals surface area contributed by atoms with Gasteiger partial charge in [0, 0.05) is 19.2 Å². The van der Waals surface area contributed by atoms with E-state index in [1.165, 1.54) is 6.07 Å². The Hall–Kier alpha value is -2.45. The molecule has 0 spiro atoms. The average Bonchev–Trinajstić information content (AvgIpc) is 2.93. The molecule has 9 heteroatoms. The minimum Gasteiger partial charge on any atom is -0.424 e. The lowest BCUT2D eigenvalue weighted by atomic mass is 10.0. The molecule has 5 nitrogen and oxygen atoms in total. The Balaban J connectivity index is 2.02. The number of para-hydroxylation sites is 1. The average molecular weight is 442 g/mol. The van der Waals surface area contributed by atoms with Gasteiger partial charge in [-0.1, -0.05) is 30.7 Å². The summed E-state index contributed by atoms with van der Waals surface area (Å²) >= 11 is 6.19. The highest BCUT2D eigenvalue weighted by atomic mass is 35.5. The molecule has 0 fully saturated rings. The third-order valence-corrected chi connectivity index (χ3v) is 5.16. The van der Waals surface area contributed by atoms with Crippen LogP contribution >= 0.6 is 11.6 Å². The highest BCUT2D eigenvalue weighted by Gasteiger charge is 2.31. The first-order valence-corrected chi connectivity index (χ1v) is 9.75. The number of ether oxygens (including phenoxy) is 2. The Kier molecular flexibility index (Phi) is 6.19. The van der Waals surface area contributed by atoms with Crippen molar-refractivity contribution in [2.75, 3.05) is 14.1 Å².